The molecule has 1 N–H and O–H groups in total. The van der Waals surface area contributed by atoms with Crippen molar-refractivity contribution in [1.82, 2.24) is 0 Å². The van der Waals surface area contributed by atoms with Gasteiger partial charge in [0, 0.05) is 36.9 Å². The molecule has 0 saturated carbocycles. The molecular weight excluding hydrogens is 228 g/mol. The van der Waals surface area contributed by atoms with Crippen molar-refractivity contribution in [1.29, 1.82) is 0 Å². The summed E-state index contributed by atoms with van der Waals surface area (Å²) in [7, 11) is 4.12. The van der Waals surface area contributed by atoms with Crippen LogP contribution < -0.4 is 10.2 Å². The summed E-state index contributed by atoms with van der Waals surface area (Å²) in [5.41, 5.74) is 3.73. The summed E-state index contributed by atoms with van der Waals surface area (Å²) in [4.78, 5) is 2.11. The number of benzene rings is 1. The van der Waals surface area contributed by atoms with Crippen LogP contribution >= 0.6 is 11.3 Å². The van der Waals surface area contributed by atoms with Crippen LogP contribution in [-0.4, -0.2) is 14.1 Å². The van der Waals surface area contributed by atoms with Gasteiger partial charge in [0.2, 0.25) is 0 Å². The zero-order valence-corrected chi connectivity index (χ0v) is 11.3. The molecule has 1 unspecified atom stereocenters. The summed E-state index contributed by atoms with van der Waals surface area (Å²) in [6.07, 6.45) is 0. The van der Waals surface area contributed by atoms with Crippen LogP contribution in [0.15, 0.2) is 41.1 Å². The van der Waals surface area contributed by atoms with Crippen molar-refractivity contribution in [3.05, 3.63) is 46.7 Å². The minimum Gasteiger partial charge on any atom is -0.378 e. The highest BCUT2D eigenvalue weighted by atomic mass is 32.1. The number of anilines is 2. The largest absolute Gasteiger partial charge is 0.378 e. The molecule has 2 nitrogen and oxygen atoms in total. The highest BCUT2D eigenvalue weighted by molar-refractivity contribution is 7.08. The molecule has 0 aliphatic carbocycles. The van der Waals surface area contributed by atoms with Crippen molar-refractivity contribution in [2.75, 3.05) is 24.3 Å². The number of nitrogens with one attached hydrogen (secondary N) is 1. The van der Waals surface area contributed by atoms with E-state index in [9.17, 15) is 0 Å². The lowest BCUT2D eigenvalue weighted by molar-refractivity contribution is 0.885. The summed E-state index contributed by atoms with van der Waals surface area (Å²) in [5.74, 6) is 0. The van der Waals surface area contributed by atoms with Gasteiger partial charge in [0.1, 0.15) is 0 Å². The fourth-order valence-corrected chi connectivity index (χ4v) is 2.34. The van der Waals surface area contributed by atoms with E-state index < -0.39 is 0 Å². The normalized spacial score (nSPS) is 12.2. The molecule has 1 atom stereocenters. The average molecular weight is 246 g/mol. The minimum atomic E-state index is 0.334. The molecular formula is C14H18N2S. The van der Waals surface area contributed by atoms with Crippen LogP contribution in [0, 0.1) is 0 Å². The van der Waals surface area contributed by atoms with Gasteiger partial charge in [0.25, 0.3) is 0 Å². The van der Waals surface area contributed by atoms with E-state index in [2.05, 4.69) is 72.3 Å². The number of hydrogen-bond donors (Lipinski definition) is 1. The fourth-order valence-electron chi connectivity index (χ4n) is 1.74. The summed E-state index contributed by atoms with van der Waals surface area (Å²) in [5, 5.41) is 7.70. The van der Waals surface area contributed by atoms with Crippen LogP contribution in [0.4, 0.5) is 11.4 Å². The number of nitrogens with zero attached hydrogens (tertiary/aromatic N) is 1. The molecule has 1 heterocycles. The highest BCUT2D eigenvalue weighted by Crippen LogP contribution is 2.22. The lowest BCUT2D eigenvalue weighted by Gasteiger charge is -2.17. The third-order valence-electron chi connectivity index (χ3n) is 2.81. The van der Waals surface area contributed by atoms with E-state index in [0.717, 1.165) is 0 Å². The Morgan fingerprint density at radius 2 is 1.82 bits per heavy atom. The van der Waals surface area contributed by atoms with Gasteiger partial charge in [-0.25, -0.2) is 0 Å². The van der Waals surface area contributed by atoms with Crippen LogP contribution in [0.25, 0.3) is 0 Å². The van der Waals surface area contributed by atoms with Gasteiger partial charge in [-0.2, -0.15) is 11.3 Å². The smallest absolute Gasteiger partial charge is 0.0485 e. The Kier molecular flexibility index (Phi) is 3.69. The summed E-state index contributed by atoms with van der Waals surface area (Å²) in [6, 6.07) is 11.1. The van der Waals surface area contributed by atoms with Crippen molar-refractivity contribution in [2.45, 2.75) is 13.0 Å². The second kappa shape index (κ2) is 5.23. The molecule has 1 aromatic heterocycles. The maximum atomic E-state index is 3.48. The predicted molar refractivity (Wildman–Crippen MR) is 77.1 cm³/mol. The first kappa shape index (κ1) is 12.0. The topological polar surface area (TPSA) is 15.3 Å². The maximum absolute atomic E-state index is 3.48. The zero-order valence-electron chi connectivity index (χ0n) is 10.5. The van der Waals surface area contributed by atoms with E-state index in [1.54, 1.807) is 11.3 Å². The molecule has 0 aliphatic heterocycles. The molecule has 0 bridgehead atoms. The molecule has 0 fully saturated rings. The van der Waals surface area contributed by atoms with Crippen molar-refractivity contribution < 1.29 is 0 Å². The summed E-state index contributed by atoms with van der Waals surface area (Å²) in [6.45, 7) is 2.18. The average Bonchev–Trinajstić information content (AvgIpc) is 2.82. The molecule has 0 radical (unpaired) electrons. The Morgan fingerprint density at radius 1 is 1.12 bits per heavy atom. The predicted octanol–water partition coefficient (Wildman–Crippen LogP) is 3.99. The quantitative estimate of drug-likeness (QED) is 0.877. The van der Waals surface area contributed by atoms with Gasteiger partial charge in [-0.3, -0.25) is 0 Å². The Hall–Kier alpha value is -1.48. The van der Waals surface area contributed by atoms with Gasteiger partial charge >= 0.3 is 0 Å². The standard InChI is InChI=1S/C14H18N2S/c1-11(15-13-8-9-17-10-13)12-4-6-14(7-5-12)16(2)3/h4-11,15H,1-3H3. The molecule has 90 valence electrons. The Morgan fingerprint density at radius 3 is 2.35 bits per heavy atom. The second-order valence-electron chi connectivity index (χ2n) is 4.36. The molecule has 17 heavy (non-hydrogen) atoms. The van der Waals surface area contributed by atoms with Crippen LogP contribution in [0.2, 0.25) is 0 Å². The lowest BCUT2D eigenvalue weighted by atomic mass is 10.1. The van der Waals surface area contributed by atoms with E-state index in [1.165, 1.54) is 16.9 Å². The molecule has 0 spiro atoms. The molecule has 0 aliphatic rings. The molecule has 0 amide bonds. The van der Waals surface area contributed by atoms with Crippen LogP contribution in [-0.2, 0) is 0 Å². The van der Waals surface area contributed by atoms with Crippen molar-refractivity contribution in [3.63, 3.8) is 0 Å². The van der Waals surface area contributed by atoms with Crippen LogP contribution in [0.1, 0.15) is 18.5 Å². The van der Waals surface area contributed by atoms with Crippen LogP contribution in [0.5, 0.6) is 0 Å². The van der Waals surface area contributed by atoms with E-state index in [-0.39, 0.29) is 0 Å². The van der Waals surface area contributed by atoms with E-state index in [1.807, 2.05) is 0 Å². The van der Waals surface area contributed by atoms with Gasteiger partial charge in [0.05, 0.1) is 0 Å². The molecule has 0 saturated heterocycles. The molecule has 2 aromatic rings. The third-order valence-corrected chi connectivity index (χ3v) is 3.50. The lowest BCUT2D eigenvalue weighted by Crippen LogP contribution is -2.09. The highest BCUT2D eigenvalue weighted by Gasteiger charge is 2.05. The number of hydrogen-bond acceptors (Lipinski definition) is 3. The van der Waals surface area contributed by atoms with Crippen molar-refractivity contribution in [3.8, 4) is 0 Å². The van der Waals surface area contributed by atoms with Gasteiger partial charge in [-0.05, 0) is 36.1 Å². The number of thiophene rings is 1. The van der Waals surface area contributed by atoms with E-state index in [0.29, 0.717) is 6.04 Å². The van der Waals surface area contributed by atoms with Gasteiger partial charge < -0.3 is 10.2 Å². The zero-order chi connectivity index (χ0) is 12.3. The first-order valence-corrected chi connectivity index (χ1v) is 6.67. The van der Waals surface area contributed by atoms with E-state index in [4.69, 9.17) is 0 Å². The van der Waals surface area contributed by atoms with E-state index >= 15 is 0 Å². The maximum Gasteiger partial charge on any atom is 0.0485 e. The van der Waals surface area contributed by atoms with Gasteiger partial charge in [-0.15, -0.1) is 0 Å². The number of rotatable bonds is 4. The Labute approximate surface area is 107 Å². The van der Waals surface area contributed by atoms with Crippen molar-refractivity contribution >= 4 is 22.7 Å². The monoisotopic (exact) mass is 246 g/mol. The second-order valence-corrected chi connectivity index (χ2v) is 5.14. The van der Waals surface area contributed by atoms with Crippen LogP contribution in [0.3, 0.4) is 0 Å². The third kappa shape index (κ3) is 3.01. The Balaban J connectivity index is 2.06. The van der Waals surface area contributed by atoms with Crippen molar-refractivity contribution in [2.24, 2.45) is 0 Å². The summed E-state index contributed by atoms with van der Waals surface area (Å²) >= 11 is 1.71. The first-order chi connectivity index (χ1) is 8.16. The van der Waals surface area contributed by atoms with Gasteiger partial charge in [0.15, 0.2) is 0 Å². The Bertz CT molecular complexity index is 446. The molecule has 2 rings (SSSR count). The first-order valence-electron chi connectivity index (χ1n) is 5.73. The SMILES string of the molecule is CC(Nc1ccsc1)c1ccc(N(C)C)cc1. The van der Waals surface area contributed by atoms with Gasteiger partial charge in [-0.1, -0.05) is 12.1 Å². The summed E-state index contributed by atoms with van der Waals surface area (Å²) < 4.78 is 0. The minimum absolute atomic E-state index is 0.334. The molecule has 1 aromatic carbocycles. The molecule has 3 heteroatoms. The fraction of sp³-hybridized carbons (Fsp3) is 0.286.